The van der Waals surface area contributed by atoms with Gasteiger partial charge in [-0.3, -0.25) is 4.79 Å². The van der Waals surface area contributed by atoms with Gasteiger partial charge in [0.15, 0.2) is 0 Å². The number of hydrogen-bond acceptors (Lipinski definition) is 3. The average Bonchev–Trinajstić information content (AvgIpc) is 2.91. The van der Waals surface area contributed by atoms with Gasteiger partial charge >= 0.3 is 5.97 Å². The fourth-order valence-corrected chi connectivity index (χ4v) is 4.12. The highest BCUT2D eigenvalue weighted by molar-refractivity contribution is 14.1. The summed E-state index contributed by atoms with van der Waals surface area (Å²) < 4.78 is 12.4. The van der Waals surface area contributed by atoms with Crippen molar-refractivity contribution in [2.24, 2.45) is 5.41 Å². The summed E-state index contributed by atoms with van der Waals surface area (Å²) in [5.74, 6) is -0.0955. The predicted octanol–water partition coefficient (Wildman–Crippen LogP) is 3.28. The van der Waals surface area contributed by atoms with E-state index in [0.717, 1.165) is 22.8 Å². The minimum Gasteiger partial charge on any atom is -0.465 e. The van der Waals surface area contributed by atoms with Gasteiger partial charge in [-0.05, 0) is 25.3 Å². The van der Waals surface area contributed by atoms with Crippen LogP contribution in [0.2, 0.25) is 0 Å². The summed E-state index contributed by atoms with van der Waals surface area (Å²) in [7, 11) is 0. The molecule has 2 heterocycles. The van der Waals surface area contributed by atoms with Gasteiger partial charge in [0.1, 0.15) is 5.41 Å². The van der Waals surface area contributed by atoms with Gasteiger partial charge < -0.3 is 9.47 Å². The first kappa shape index (κ1) is 13.4. The molecule has 3 aliphatic rings. The number of benzene rings is 1. The Labute approximate surface area is 126 Å². The highest BCUT2D eigenvalue weighted by Crippen LogP contribution is 2.68. The van der Waals surface area contributed by atoms with E-state index in [4.69, 9.17) is 9.47 Å². The second-order valence-corrected chi connectivity index (χ2v) is 6.22. The molecular formula is C15H17IO3. The van der Waals surface area contributed by atoms with Gasteiger partial charge in [-0.15, -0.1) is 0 Å². The van der Waals surface area contributed by atoms with Crippen molar-refractivity contribution in [2.75, 3.05) is 11.0 Å². The summed E-state index contributed by atoms with van der Waals surface area (Å²) in [4.78, 5) is 12.3. The zero-order chi connectivity index (χ0) is 13.5. The molecule has 102 valence electrons. The van der Waals surface area contributed by atoms with Crippen LogP contribution in [0.1, 0.15) is 31.4 Å². The summed E-state index contributed by atoms with van der Waals surface area (Å²) in [6.07, 6.45) is 1.44. The van der Waals surface area contributed by atoms with Crippen molar-refractivity contribution in [3.05, 3.63) is 35.9 Å². The Hall–Kier alpha value is -0.620. The molecule has 2 saturated heterocycles. The van der Waals surface area contributed by atoms with Crippen LogP contribution in [0.5, 0.6) is 0 Å². The normalized spacial score (nSPS) is 35.8. The minimum absolute atomic E-state index is 0.0955. The van der Waals surface area contributed by atoms with Crippen molar-refractivity contribution in [1.29, 1.82) is 0 Å². The number of hydrogen-bond donors (Lipinski definition) is 0. The number of esters is 1. The molecule has 0 N–H and O–H groups in total. The molecule has 2 bridgehead atoms. The molecule has 1 aromatic carbocycles. The second-order valence-electron chi connectivity index (χ2n) is 5.46. The Balaban J connectivity index is 1.93. The van der Waals surface area contributed by atoms with Crippen molar-refractivity contribution in [3.63, 3.8) is 0 Å². The summed E-state index contributed by atoms with van der Waals surface area (Å²) in [5.41, 5.74) is 0.510. The molecule has 2 aliphatic heterocycles. The summed E-state index contributed by atoms with van der Waals surface area (Å²) >= 11 is 2.35. The van der Waals surface area contributed by atoms with Crippen LogP contribution >= 0.6 is 22.6 Å². The van der Waals surface area contributed by atoms with E-state index in [2.05, 4.69) is 22.6 Å². The van der Waals surface area contributed by atoms with E-state index in [1.165, 1.54) is 0 Å². The van der Waals surface area contributed by atoms with Gasteiger partial charge in [0.2, 0.25) is 0 Å². The number of ether oxygens (including phenoxy) is 2. The van der Waals surface area contributed by atoms with Gasteiger partial charge in [0.25, 0.3) is 0 Å². The fraction of sp³-hybridized carbons (Fsp3) is 0.533. The summed E-state index contributed by atoms with van der Waals surface area (Å²) in [6, 6.07) is 10.0. The second kappa shape index (κ2) is 4.74. The summed E-state index contributed by atoms with van der Waals surface area (Å²) in [5, 5.41) is 0. The molecule has 1 atom stereocenters. The van der Waals surface area contributed by atoms with E-state index >= 15 is 0 Å². The standard InChI is InChI=1S/C15H17IO3/c1-2-18-13(17)15-8-14(9-15,10-16)19-12(15)11-6-4-3-5-7-11/h3-7,12H,2,8-10H2,1H3. The quantitative estimate of drug-likeness (QED) is 0.462. The Morgan fingerprint density at radius 1 is 1.42 bits per heavy atom. The van der Waals surface area contributed by atoms with Gasteiger partial charge in [-0.2, -0.15) is 0 Å². The SMILES string of the molecule is CCOC(=O)C12CC(CI)(C1)OC2c1ccccc1. The van der Waals surface area contributed by atoms with Crippen molar-refractivity contribution in [3.8, 4) is 0 Å². The molecular weight excluding hydrogens is 355 g/mol. The van der Waals surface area contributed by atoms with Gasteiger partial charge in [0.05, 0.1) is 18.3 Å². The molecule has 0 spiro atoms. The number of rotatable bonds is 4. The third kappa shape index (κ3) is 1.91. The van der Waals surface area contributed by atoms with E-state index < -0.39 is 5.41 Å². The van der Waals surface area contributed by atoms with E-state index in [1.54, 1.807) is 0 Å². The maximum Gasteiger partial charge on any atom is 0.315 e. The van der Waals surface area contributed by atoms with E-state index in [0.29, 0.717) is 6.61 Å². The van der Waals surface area contributed by atoms with Crippen molar-refractivity contribution >= 4 is 28.6 Å². The first-order valence-corrected chi connectivity index (χ1v) is 8.14. The van der Waals surface area contributed by atoms with Crippen LogP contribution in [-0.2, 0) is 14.3 Å². The molecule has 1 unspecified atom stereocenters. The molecule has 1 aromatic rings. The van der Waals surface area contributed by atoms with Crippen LogP contribution < -0.4 is 0 Å². The predicted molar refractivity (Wildman–Crippen MR) is 80.2 cm³/mol. The van der Waals surface area contributed by atoms with Crippen molar-refractivity contribution < 1.29 is 14.3 Å². The number of fused-ring (bicyclic) bond motifs is 1. The van der Waals surface area contributed by atoms with Gasteiger partial charge in [-0.1, -0.05) is 52.9 Å². The number of halogens is 1. The minimum atomic E-state index is -0.456. The van der Waals surface area contributed by atoms with Crippen LogP contribution in [0.25, 0.3) is 0 Å². The third-order valence-electron chi connectivity index (χ3n) is 4.17. The molecule has 4 rings (SSSR count). The van der Waals surface area contributed by atoms with Crippen LogP contribution in [0.3, 0.4) is 0 Å². The maximum atomic E-state index is 12.3. The zero-order valence-electron chi connectivity index (χ0n) is 10.9. The largest absolute Gasteiger partial charge is 0.465 e. The van der Waals surface area contributed by atoms with Gasteiger partial charge in [0, 0.05) is 4.43 Å². The molecule has 19 heavy (non-hydrogen) atoms. The van der Waals surface area contributed by atoms with Crippen LogP contribution in [0, 0.1) is 5.41 Å². The average molecular weight is 372 g/mol. The lowest BCUT2D eigenvalue weighted by Gasteiger charge is -2.42. The Morgan fingerprint density at radius 3 is 2.68 bits per heavy atom. The molecule has 0 radical (unpaired) electrons. The lowest BCUT2D eigenvalue weighted by atomic mass is 9.60. The highest BCUT2D eigenvalue weighted by atomic mass is 127. The lowest BCUT2D eigenvalue weighted by molar-refractivity contribution is -0.161. The van der Waals surface area contributed by atoms with E-state index in [1.807, 2.05) is 37.3 Å². The highest BCUT2D eigenvalue weighted by Gasteiger charge is 2.71. The molecule has 0 aromatic heterocycles. The molecule has 0 amide bonds. The number of carbonyl (C=O) groups is 1. The Morgan fingerprint density at radius 2 is 2.11 bits per heavy atom. The Bertz CT molecular complexity index is 479. The smallest absolute Gasteiger partial charge is 0.315 e. The third-order valence-corrected chi connectivity index (χ3v) is 5.56. The monoisotopic (exact) mass is 372 g/mol. The number of carbonyl (C=O) groups excluding carboxylic acids is 1. The summed E-state index contributed by atoms with van der Waals surface area (Å²) in [6.45, 7) is 2.28. The molecule has 3 fully saturated rings. The van der Waals surface area contributed by atoms with E-state index in [9.17, 15) is 4.79 Å². The maximum absolute atomic E-state index is 12.3. The number of alkyl halides is 1. The molecule has 3 nitrogen and oxygen atoms in total. The first-order chi connectivity index (χ1) is 9.16. The topological polar surface area (TPSA) is 35.5 Å². The van der Waals surface area contributed by atoms with Crippen LogP contribution in [-0.4, -0.2) is 22.6 Å². The van der Waals surface area contributed by atoms with Gasteiger partial charge in [-0.25, -0.2) is 0 Å². The molecule has 1 saturated carbocycles. The lowest BCUT2D eigenvalue weighted by Crippen LogP contribution is -2.50. The van der Waals surface area contributed by atoms with E-state index in [-0.39, 0.29) is 17.7 Å². The van der Waals surface area contributed by atoms with Crippen molar-refractivity contribution in [2.45, 2.75) is 31.5 Å². The molecule has 4 heteroatoms. The van der Waals surface area contributed by atoms with Crippen LogP contribution in [0.4, 0.5) is 0 Å². The van der Waals surface area contributed by atoms with Crippen molar-refractivity contribution in [1.82, 2.24) is 0 Å². The molecule has 1 aliphatic carbocycles. The first-order valence-electron chi connectivity index (χ1n) is 6.62. The van der Waals surface area contributed by atoms with Crippen LogP contribution in [0.15, 0.2) is 30.3 Å². The zero-order valence-corrected chi connectivity index (χ0v) is 13.1. The fourth-order valence-electron chi connectivity index (χ4n) is 3.40. The Kier molecular flexibility index (Phi) is 3.33.